The summed E-state index contributed by atoms with van der Waals surface area (Å²) in [7, 11) is 0. The topological polar surface area (TPSA) is 53.0 Å². The van der Waals surface area contributed by atoms with Crippen LogP contribution in [0.3, 0.4) is 0 Å². The fraction of sp³-hybridized carbons (Fsp3) is 0.393. The standard InChI is InChI=1S/C28H34N2O3S/c1-20(2)29(17-26(31)22-7-5-4-6-8-22)18-28(32)30-15-13-27-24(14-16-34-27)25(30)19-33-23-11-9-21(3)10-12-23/h4-12,14,16,20,25-26,31H,13,15,17-19H2,1-3H3/t25-,26-/m0/s1. The van der Waals surface area contributed by atoms with Crippen molar-refractivity contribution < 1.29 is 14.6 Å². The van der Waals surface area contributed by atoms with Crippen LogP contribution in [-0.2, 0) is 11.2 Å². The zero-order valence-electron chi connectivity index (χ0n) is 20.2. The van der Waals surface area contributed by atoms with Crippen LogP contribution in [0.1, 0.15) is 47.6 Å². The maximum atomic E-state index is 13.6. The molecule has 1 N–H and O–H groups in total. The molecule has 2 aromatic carbocycles. The number of thiophene rings is 1. The van der Waals surface area contributed by atoms with Gasteiger partial charge < -0.3 is 14.7 Å². The van der Waals surface area contributed by atoms with Crippen molar-refractivity contribution >= 4 is 17.2 Å². The van der Waals surface area contributed by atoms with Crippen molar-refractivity contribution in [3.8, 4) is 5.75 Å². The molecule has 0 saturated carbocycles. The molecule has 5 nitrogen and oxygen atoms in total. The zero-order valence-corrected chi connectivity index (χ0v) is 21.0. The van der Waals surface area contributed by atoms with Crippen LogP contribution in [0.25, 0.3) is 0 Å². The van der Waals surface area contributed by atoms with E-state index in [4.69, 9.17) is 4.74 Å². The predicted octanol–water partition coefficient (Wildman–Crippen LogP) is 5.01. The highest BCUT2D eigenvalue weighted by Gasteiger charge is 2.33. The van der Waals surface area contributed by atoms with E-state index in [1.165, 1.54) is 16.0 Å². The van der Waals surface area contributed by atoms with Crippen LogP contribution in [0, 0.1) is 6.92 Å². The lowest BCUT2D eigenvalue weighted by atomic mass is 10.00. The molecule has 6 heteroatoms. The molecule has 1 amide bonds. The van der Waals surface area contributed by atoms with Crippen LogP contribution in [0.15, 0.2) is 66.0 Å². The molecule has 0 saturated heterocycles. The summed E-state index contributed by atoms with van der Waals surface area (Å²) in [5.41, 5.74) is 3.25. The average Bonchev–Trinajstić information content (AvgIpc) is 3.32. The molecule has 0 radical (unpaired) electrons. The first-order valence-electron chi connectivity index (χ1n) is 11.9. The summed E-state index contributed by atoms with van der Waals surface area (Å²) < 4.78 is 6.14. The van der Waals surface area contributed by atoms with Gasteiger partial charge in [0.25, 0.3) is 0 Å². The minimum absolute atomic E-state index is 0.0725. The number of hydrogen-bond donors (Lipinski definition) is 1. The summed E-state index contributed by atoms with van der Waals surface area (Å²) in [5, 5.41) is 12.9. The van der Waals surface area contributed by atoms with Crippen molar-refractivity contribution in [3.05, 3.63) is 87.6 Å². The third-order valence-electron chi connectivity index (χ3n) is 6.50. The molecule has 4 rings (SSSR count). The molecule has 180 valence electrons. The van der Waals surface area contributed by atoms with Gasteiger partial charge in [-0.25, -0.2) is 0 Å². The number of hydrogen-bond acceptors (Lipinski definition) is 5. The van der Waals surface area contributed by atoms with Gasteiger partial charge in [0.2, 0.25) is 5.91 Å². The Morgan fingerprint density at radius 2 is 1.88 bits per heavy atom. The Morgan fingerprint density at radius 3 is 2.59 bits per heavy atom. The lowest BCUT2D eigenvalue weighted by Gasteiger charge is -2.38. The molecule has 2 atom stereocenters. The summed E-state index contributed by atoms with van der Waals surface area (Å²) in [6, 6.07) is 19.8. The maximum absolute atomic E-state index is 13.6. The fourth-order valence-electron chi connectivity index (χ4n) is 4.41. The van der Waals surface area contributed by atoms with Gasteiger partial charge in [0.1, 0.15) is 12.4 Å². The van der Waals surface area contributed by atoms with Gasteiger partial charge in [0, 0.05) is 24.0 Å². The van der Waals surface area contributed by atoms with Crippen molar-refractivity contribution in [2.24, 2.45) is 0 Å². The Morgan fingerprint density at radius 1 is 1.15 bits per heavy atom. The van der Waals surface area contributed by atoms with Crippen molar-refractivity contribution in [3.63, 3.8) is 0 Å². The molecular formula is C28H34N2O3S. The van der Waals surface area contributed by atoms with Crippen molar-refractivity contribution in [2.45, 2.75) is 45.4 Å². The number of nitrogens with zero attached hydrogens (tertiary/aromatic N) is 2. The Labute approximate surface area is 206 Å². The quantitative estimate of drug-likeness (QED) is 0.470. The lowest BCUT2D eigenvalue weighted by molar-refractivity contribution is -0.137. The van der Waals surface area contributed by atoms with Gasteiger partial charge in [-0.3, -0.25) is 9.69 Å². The summed E-state index contributed by atoms with van der Waals surface area (Å²) in [6.45, 7) is 7.97. The van der Waals surface area contributed by atoms with Gasteiger partial charge >= 0.3 is 0 Å². The maximum Gasteiger partial charge on any atom is 0.237 e. The van der Waals surface area contributed by atoms with Crippen LogP contribution in [0.2, 0.25) is 0 Å². The third-order valence-corrected chi connectivity index (χ3v) is 7.50. The van der Waals surface area contributed by atoms with E-state index < -0.39 is 6.10 Å². The fourth-order valence-corrected chi connectivity index (χ4v) is 5.34. The Balaban J connectivity index is 1.47. The lowest BCUT2D eigenvalue weighted by Crippen LogP contribution is -2.48. The summed E-state index contributed by atoms with van der Waals surface area (Å²) in [5.74, 6) is 0.887. The number of fused-ring (bicyclic) bond motifs is 1. The number of amides is 1. The van der Waals surface area contributed by atoms with Crippen LogP contribution in [-0.4, -0.2) is 53.1 Å². The van der Waals surface area contributed by atoms with Crippen LogP contribution in [0.5, 0.6) is 5.75 Å². The van der Waals surface area contributed by atoms with Crippen molar-refractivity contribution in [1.29, 1.82) is 0 Å². The molecule has 2 heterocycles. The van der Waals surface area contributed by atoms with Crippen LogP contribution in [0.4, 0.5) is 0 Å². The number of carbonyl (C=O) groups excluding carboxylic acids is 1. The summed E-state index contributed by atoms with van der Waals surface area (Å²) in [6.07, 6.45) is 0.232. The second-order valence-corrected chi connectivity index (χ2v) is 10.2. The van der Waals surface area contributed by atoms with Crippen molar-refractivity contribution in [2.75, 3.05) is 26.2 Å². The van der Waals surface area contributed by atoms with Crippen LogP contribution >= 0.6 is 11.3 Å². The van der Waals surface area contributed by atoms with E-state index in [1.807, 2.05) is 59.5 Å². The van der Waals surface area contributed by atoms with Gasteiger partial charge in [0.05, 0.1) is 18.7 Å². The predicted molar refractivity (Wildman–Crippen MR) is 137 cm³/mol. The number of carbonyl (C=O) groups is 1. The smallest absolute Gasteiger partial charge is 0.237 e. The minimum Gasteiger partial charge on any atom is -0.491 e. The normalized spacial score (nSPS) is 16.5. The molecule has 1 aromatic heterocycles. The molecule has 0 bridgehead atoms. The van der Waals surface area contributed by atoms with E-state index in [1.54, 1.807) is 11.3 Å². The highest BCUT2D eigenvalue weighted by molar-refractivity contribution is 7.10. The van der Waals surface area contributed by atoms with Gasteiger partial charge in [-0.15, -0.1) is 11.3 Å². The van der Waals surface area contributed by atoms with Gasteiger partial charge in [-0.05, 0) is 61.9 Å². The second-order valence-electron chi connectivity index (χ2n) is 9.23. The van der Waals surface area contributed by atoms with Gasteiger partial charge in [-0.1, -0.05) is 48.0 Å². The Kier molecular flexibility index (Phi) is 8.03. The SMILES string of the molecule is Cc1ccc(OC[C@H]2c3ccsc3CCN2C(=O)CN(C[C@H](O)c2ccccc2)C(C)C)cc1. The molecule has 34 heavy (non-hydrogen) atoms. The molecule has 0 aliphatic carbocycles. The number of aliphatic hydroxyl groups excluding tert-OH is 1. The van der Waals surface area contributed by atoms with E-state index in [0.29, 0.717) is 19.7 Å². The van der Waals surface area contributed by atoms with Crippen LogP contribution < -0.4 is 4.74 Å². The number of aryl methyl sites for hydroxylation is 1. The van der Waals surface area contributed by atoms with Crippen molar-refractivity contribution in [1.82, 2.24) is 9.80 Å². The van der Waals surface area contributed by atoms with E-state index in [-0.39, 0.29) is 24.5 Å². The second kappa shape index (κ2) is 11.2. The number of aliphatic hydroxyl groups is 1. The highest BCUT2D eigenvalue weighted by Crippen LogP contribution is 2.34. The average molecular weight is 479 g/mol. The van der Waals surface area contributed by atoms with E-state index in [2.05, 4.69) is 37.1 Å². The molecular weight excluding hydrogens is 444 g/mol. The first kappa shape index (κ1) is 24.5. The summed E-state index contributed by atoms with van der Waals surface area (Å²) >= 11 is 1.75. The molecule has 0 fully saturated rings. The third kappa shape index (κ3) is 5.87. The number of ether oxygens (including phenoxy) is 1. The van der Waals surface area contributed by atoms with E-state index in [9.17, 15) is 9.90 Å². The molecule has 1 aliphatic rings. The summed E-state index contributed by atoms with van der Waals surface area (Å²) in [4.78, 5) is 18.9. The number of benzene rings is 2. The molecule has 3 aromatic rings. The molecule has 1 aliphatic heterocycles. The Bertz CT molecular complexity index is 1060. The highest BCUT2D eigenvalue weighted by atomic mass is 32.1. The monoisotopic (exact) mass is 478 g/mol. The zero-order chi connectivity index (χ0) is 24.1. The first-order chi connectivity index (χ1) is 16.4. The van der Waals surface area contributed by atoms with E-state index in [0.717, 1.165) is 17.7 Å². The minimum atomic E-state index is -0.637. The van der Waals surface area contributed by atoms with Gasteiger partial charge in [-0.2, -0.15) is 0 Å². The number of rotatable bonds is 9. The molecule has 0 unspecified atom stereocenters. The van der Waals surface area contributed by atoms with Gasteiger partial charge in [0.15, 0.2) is 0 Å². The first-order valence-corrected chi connectivity index (χ1v) is 12.8. The van der Waals surface area contributed by atoms with E-state index >= 15 is 0 Å². The largest absolute Gasteiger partial charge is 0.491 e. The molecule has 0 spiro atoms. The Hall–Kier alpha value is -2.67.